The normalized spacial score (nSPS) is 22.3. The molecule has 0 spiro atoms. The molecule has 2 aromatic rings. The number of rotatable bonds is 4. The number of hydrogen-bond donors (Lipinski definition) is 1. The van der Waals surface area contributed by atoms with E-state index >= 15 is 0 Å². The zero-order chi connectivity index (χ0) is 18.1. The van der Waals surface area contributed by atoms with Gasteiger partial charge in [-0.15, -0.1) is 5.48 Å². The lowest BCUT2D eigenvalue weighted by Crippen LogP contribution is -2.26. The molecular weight excluding hydrogens is 354 g/mol. The highest BCUT2D eigenvalue weighted by Gasteiger charge is 2.37. The Bertz CT molecular complexity index is 836. The maximum Gasteiger partial charge on any atom is 0.227 e. The van der Waals surface area contributed by atoms with Crippen molar-refractivity contribution in [3.63, 3.8) is 0 Å². The van der Waals surface area contributed by atoms with E-state index in [2.05, 4.69) is 10.5 Å². The van der Waals surface area contributed by atoms with Crippen molar-refractivity contribution in [1.82, 2.24) is 5.48 Å². The summed E-state index contributed by atoms with van der Waals surface area (Å²) in [5, 5.41) is 0.645. The van der Waals surface area contributed by atoms with Gasteiger partial charge in [0.2, 0.25) is 11.8 Å². The second-order valence-electron chi connectivity index (χ2n) is 6.24. The molecule has 2 aliphatic rings. The Hall–Kier alpha value is -2.57. The second-order valence-corrected chi connectivity index (χ2v) is 6.68. The molecule has 4 rings (SSSR count). The predicted octanol–water partition coefficient (Wildman–Crippen LogP) is 3.33. The number of hydroxylamine groups is 1. The Morgan fingerprint density at radius 3 is 2.62 bits per heavy atom. The van der Waals surface area contributed by atoms with Gasteiger partial charge in [-0.3, -0.25) is 4.79 Å². The fourth-order valence-corrected chi connectivity index (χ4v) is 3.28. The van der Waals surface area contributed by atoms with Gasteiger partial charge in [0.25, 0.3) is 0 Å². The molecular formula is C19H18ClN3O3. The van der Waals surface area contributed by atoms with Crippen LogP contribution in [0.15, 0.2) is 53.5 Å². The van der Waals surface area contributed by atoms with Crippen LogP contribution in [0, 0.1) is 5.92 Å². The summed E-state index contributed by atoms with van der Waals surface area (Å²) >= 11 is 5.92. The first-order valence-corrected chi connectivity index (χ1v) is 8.72. The van der Waals surface area contributed by atoms with Gasteiger partial charge in [-0.2, -0.15) is 0 Å². The fraction of sp³-hybridized carbons (Fsp3) is 0.263. The van der Waals surface area contributed by atoms with Crippen LogP contribution in [-0.2, 0) is 9.63 Å². The maximum atomic E-state index is 12.4. The number of carbonyl (C=O) groups excluding carboxylic acids is 1. The zero-order valence-electron chi connectivity index (χ0n) is 14.2. The Kier molecular flexibility index (Phi) is 4.53. The molecule has 2 aliphatic heterocycles. The number of methoxy groups -OCH3 is 1. The molecule has 7 heteroatoms. The third kappa shape index (κ3) is 3.25. The summed E-state index contributed by atoms with van der Waals surface area (Å²) in [6.07, 6.45) is 0.0916. The number of nitrogens with one attached hydrogen (secondary N) is 1. The van der Waals surface area contributed by atoms with E-state index in [4.69, 9.17) is 21.2 Å². The monoisotopic (exact) mass is 371 g/mol. The first kappa shape index (κ1) is 16.9. The second kappa shape index (κ2) is 6.97. The summed E-state index contributed by atoms with van der Waals surface area (Å²) in [6, 6.07) is 14.9. The van der Waals surface area contributed by atoms with Crippen molar-refractivity contribution in [3.8, 4) is 5.75 Å². The van der Waals surface area contributed by atoms with Crippen LogP contribution < -0.4 is 15.1 Å². The summed E-state index contributed by atoms with van der Waals surface area (Å²) in [5.74, 6) is 1.33. The smallest absolute Gasteiger partial charge is 0.227 e. The van der Waals surface area contributed by atoms with E-state index in [9.17, 15) is 4.79 Å². The van der Waals surface area contributed by atoms with Crippen molar-refractivity contribution in [2.45, 2.75) is 12.6 Å². The third-order valence-electron chi connectivity index (χ3n) is 4.58. The van der Waals surface area contributed by atoms with E-state index in [1.807, 2.05) is 36.4 Å². The average molecular weight is 372 g/mol. The van der Waals surface area contributed by atoms with E-state index in [1.54, 1.807) is 24.1 Å². The maximum absolute atomic E-state index is 12.4. The zero-order valence-corrected chi connectivity index (χ0v) is 14.9. The summed E-state index contributed by atoms with van der Waals surface area (Å²) in [7, 11) is 1.63. The van der Waals surface area contributed by atoms with Crippen LogP contribution in [0.4, 0.5) is 5.69 Å². The minimum absolute atomic E-state index is 0.0523. The largest absolute Gasteiger partial charge is 0.497 e. The lowest BCUT2D eigenvalue weighted by Gasteiger charge is -2.16. The summed E-state index contributed by atoms with van der Waals surface area (Å²) in [4.78, 5) is 24.3. The van der Waals surface area contributed by atoms with Gasteiger partial charge in [0.1, 0.15) is 5.75 Å². The highest BCUT2D eigenvalue weighted by Crippen LogP contribution is 2.30. The highest BCUT2D eigenvalue weighted by molar-refractivity contribution is 6.30. The van der Waals surface area contributed by atoms with Gasteiger partial charge in [-0.1, -0.05) is 23.7 Å². The Morgan fingerprint density at radius 2 is 1.92 bits per heavy atom. The van der Waals surface area contributed by atoms with Gasteiger partial charge in [0.15, 0.2) is 6.17 Å². The van der Waals surface area contributed by atoms with Crippen molar-refractivity contribution >= 4 is 29.1 Å². The van der Waals surface area contributed by atoms with Crippen LogP contribution in [0.1, 0.15) is 18.2 Å². The van der Waals surface area contributed by atoms with Crippen molar-refractivity contribution in [3.05, 3.63) is 59.1 Å². The van der Waals surface area contributed by atoms with Crippen LogP contribution >= 0.6 is 11.6 Å². The lowest BCUT2D eigenvalue weighted by atomic mass is 10.1. The highest BCUT2D eigenvalue weighted by atomic mass is 35.5. The van der Waals surface area contributed by atoms with Gasteiger partial charge in [-0.05, 0) is 42.0 Å². The number of hydrogen-bond acceptors (Lipinski definition) is 5. The number of carbonyl (C=O) groups is 1. The molecule has 2 unspecified atom stereocenters. The molecule has 2 heterocycles. The predicted molar refractivity (Wildman–Crippen MR) is 99.3 cm³/mol. The van der Waals surface area contributed by atoms with Gasteiger partial charge in [-0.25, -0.2) is 4.99 Å². The summed E-state index contributed by atoms with van der Waals surface area (Å²) in [6.45, 7) is 0.538. The SMILES string of the molecule is COc1ccc(C2N=C(C3CC(=O)N(c4ccc(Cl)cc4)C3)ON2)cc1. The van der Waals surface area contributed by atoms with Gasteiger partial charge < -0.3 is 14.5 Å². The molecule has 134 valence electrons. The molecule has 0 radical (unpaired) electrons. The molecule has 0 bridgehead atoms. The Balaban J connectivity index is 1.48. The number of benzene rings is 2. The van der Waals surface area contributed by atoms with Crippen LogP contribution in [0.5, 0.6) is 5.75 Å². The van der Waals surface area contributed by atoms with E-state index in [-0.39, 0.29) is 18.0 Å². The number of aliphatic imine (C=N–C) groups is 1. The summed E-state index contributed by atoms with van der Waals surface area (Å²) in [5.41, 5.74) is 4.73. The van der Waals surface area contributed by atoms with Crippen molar-refractivity contribution < 1.29 is 14.4 Å². The van der Waals surface area contributed by atoms with E-state index in [0.29, 0.717) is 23.9 Å². The molecule has 0 aromatic heterocycles. The number of nitrogens with zero attached hydrogens (tertiary/aromatic N) is 2. The van der Waals surface area contributed by atoms with Crippen LogP contribution in [0.25, 0.3) is 0 Å². The molecule has 1 saturated heterocycles. The molecule has 0 aliphatic carbocycles. The first-order valence-electron chi connectivity index (χ1n) is 8.34. The van der Waals surface area contributed by atoms with E-state index < -0.39 is 0 Å². The van der Waals surface area contributed by atoms with E-state index in [0.717, 1.165) is 17.0 Å². The minimum Gasteiger partial charge on any atom is -0.497 e. The van der Waals surface area contributed by atoms with Gasteiger partial charge >= 0.3 is 0 Å². The topological polar surface area (TPSA) is 63.2 Å². The number of anilines is 1. The first-order chi connectivity index (χ1) is 12.6. The molecule has 2 atom stereocenters. The standard InChI is InChI=1S/C19H18ClN3O3/c1-25-16-8-2-12(3-9-16)18-21-19(26-22-18)13-10-17(24)23(11-13)15-6-4-14(20)5-7-15/h2-9,13,18,22H,10-11H2,1H3. The molecule has 1 fully saturated rings. The average Bonchev–Trinajstić information content (AvgIpc) is 3.29. The molecule has 26 heavy (non-hydrogen) atoms. The van der Waals surface area contributed by atoms with Crippen LogP contribution in [-0.4, -0.2) is 25.5 Å². The Morgan fingerprint density at radius 1 is 1.19 bits per heavy atom. The quantitative estimate of drug-likeness (QED) is 0.895. The van der Waals surface area contributed by atoms with Crippen molar-refractivity contribution in [1.29, 1.82) is 0 Å². The lowest BCUT2D eigenvalue weighted by molar-refractivity contribution is -0.117. The molecule has 1 amide bonds. The summed E-state index contributed by atoms with van der Waals surface area (Å²) < 4.78 is 5.17. The minimum atomic E-state index is -0.282. The molecule has 1 N–H and O–H groups in total. The molecule has 0 saturated carbocycles. The number of halogens is 1. The number of ether oxygens (including phenoxy) is 1. The Labute approximate surface area is 156 Å². The fourth-order valence-electron chi connectivity index (χ4n) is 3.16. The van der Waals surface area contributed by atoms with Gasteiger partial charge in [0, 0.05) is 23.7 Å². The van der Waals surface area contributed by atoms with Crippen molar-refractivity contribution in [2.24, 2.45) is 10.9 Å². The van der Waals surface area contributed by atoms with Crippen LogP contribution in [0.2, 0.25) is 5.02 Å². The number of amides is 1. The van der Waals surface area contributed by atoms with Crippen molar-refractivity contribution in [2.75, 3.05) is 18.6 Å². The molecule has 6 nitrogen and oxygen atoms in total. The van der Waals surface area contributed by atoms with Gasteiger partial charge in [0.05, 0.1) is 13.0 Å². The third-order valence-corrected chi connectivity index (χ3v) is 4.83. The van der Waals surface area contributed by atoms with Crippen LogP contribution in [0.3, 0.4) is 0 Å². The molecule has 2 aromatic carbocycles. The van der Waals surface area contributed by atoms with E-state index in [1.165, 1.54) is 0 Å².